The van der Waals surface area contributed by atoms with Crippen molar-refractivity contribution in [1.82, 2.24) is 10.2 Å². The third-order valence-corrected chi connectivity index (χ3v) is 4.23. The molecule has 0 amide bonds. The summed E-state index contributed by atoms with van der Waals surface area (Å²) in [5.74, 6) is 0. The summed E-state index contributed by atoms with van der Waals surface area (Å²) in [6.07, 6.45) is 3.99. The molecule has 0 aromatic carbocycles. The lowest BCUT2D eigenvalue weighted by Crippen LogP contribution is -2.46. The zero-order chi connectivity index (χ0) is 12.1. The van der Waals surface area contributed by atoms with Crippen molar-refractivity contribution in [3.63, 3.8) is 0 Å². The van der Waals surface area contributed by atoms with Gasteiger partial charge in [-0.2, -0.15) is 0 Å². The molecule has 0 radical (unpaired) electrons. The van der Waals surface area contributed by atoms with Crippen LogP contribution in [0.4, 0.5) is 0 Å². The summed E-state index contributed by atoms with van der Waals surface area (Å²) in [6, 6.07) is 0. The Morgan fingerprint density at radius 3 is 2.76 bits per heavy atom. The summed E-state index contributed by atoms with van der Waals surface area (Å²) in [4.78, 5) is 2.57. The first-order valence-electron chi connectivity index (χ1n) is 6.75. The number of ether oxygens (including phenoxy) is 2. The van der Waals surface area contributed by atoms with Crippen molar-refractivity contribution < 1.29 is 9.47 Å². The number of nitrogens with zero attached hydrogens (tertiary/aromatic N) is 1. The molecule has 0 aromatic rings. The second kappa shape index (κ2) is 6.14. The van der Waals surface area contributed by atoms with Gasteiger partial charge in [0.05, 0.1) is 6.10 Å². The zero-order valence-corrected chi connectivity index (χ0v) is 11.2. The van der Waals surface area contributed by atoms with Crippen LogP contribution in [0.1, 0.15) is 19.3 Å². The van der Waals surface area contributed by atoms with E-state index in [1.165, 1.54) is 32.4 Å². The summed E-state index contributed by atoms with van der Waals surface area (Å²) in [5, 5.41) is 3.36. The zero-order valence-electron chi connectivity index (χ0n) is 11.2. The second-order valence-corrected chi connectivity index (χ2v) is 5.52. The van der Waals surface area contributed by atoms with Crippen LogP contribution in [-0.2, 0) is 9.47 Å². The molecule has 2 aliphatic heterocycles. The molecule has 0 bridgehead atoms. The lowest BCUT2D eigenvalue weighted by atomic mass is 9.79. The van der Waals surface area contributed by atoms with E-state index in [9.17, 15) is 0 Å². The Morgan fingerprint density at radius 1 is 1.41 bits per heavy atom. The Balaban J connectivity index is 1.88. The molecule has 100 valence electrons. The smallest absolute Gasteiger partial charge is 0.0710 e. The molecule has 0 aliphatic carbocycles. The second-order valence-electron chi connectivity index (χ2n) is 5.52. The van der Waals surface area contributed by atoms with Gasteiger partial charge in [0.2, 0.25) is 0 Å². The third-order valence-electron chi connectivity index (χ3n) is 4.23. The van der Waals surface area contributed by atoms with Crippen LogP contribution in [0.25, 0.3) is 0 Å². The van der Waals surface area contributed by atoms with Crippen LogP contribution in [0.5, 0.6) is 0 Å². The fourth-order valence-corrected chi connectivity index (χ4v) is 3.18. The average molecular weight is 242 g/mol. The Bertz CT molecular complexity index is 224. The number of likely N-dealkylation sites (tertiary alicyclic amines) is 1. The number of nitrogens with one attached hydrogen (secondary N) is 1. The van der Waals surface area contributed by atoms with E-state index < -0.39 is 0 Å². The van der Waals surface area contributed by atoms with Crippen LogP contribution in [0.2, 0.25) is 0 Å². The van der Waals surface area contributed by atoms with E-state index in [2.05, 4.69) is 17.3 Å². The molecule has 1 unspecified atom stereocenters. The van der Waals surface area contributed by atoms with Gasteiger partial charge in [-0.15, -0.1) is 0 Å². The van der Waals surface area contributed by atoms with Gasteiger partial charge in [-0.05, 0) is 31.7 Å². The normalized spacial score (nSPS) is 29.6. The molecule has 2 rings (SSSR count). The van der Waals surface area contributed by atoms with Gasteiger partial charge in [-0.3, -0.25) is 0 Å². The predicted molar refractivity (Wildman–Crippen MR) is 68.3 cm³/mol. The highest BCUT2D eigenvalue weighted by molar-refractivity contribution is 4.89. The highest BCUT2D eigenvalue weighted by Gasteiger charge is 2.35. The van der Waals surface area contributed by atoms with Crippen molar-refractivity contribution in [3.05, 3.63) is 0 Å². The molecule has 4 heteroatoms. The summed E-state index contributed by atoms with van der Waals surface area (Å²) in [5.41, 5.74) is 0.412. The maximum Gasteiger partial charge on any atom is 0.0710 e. The molecule has 4 nitrogen and oxygen atoms in total. The van der Waals surface area contributed by atoms with Gasteiger partial charge < -0.3 is 19.7 Å². The molecule has 2 fully saturated rings. The molecular formula is C13H26N2O2. The van der Waals surface area contributed by atoms with E-state index >= 15 is 0 Å². The first-order valence-corrected chi connectivity index (χ1v) is 6.75. The van der Waals surface area contributed by atoms with Crippen LogP contribution in [-0.4, -0.2) is 64.6 Å². The van der Waals surface area contributed by atoms with Gasteiger partial charge in [0.1, 0.15) is 0 Å². The minimum absolute atomic E-state index is 0.412. The van der Waals surface area contributed by atoms with Crippen molar-refractivity contribution in [2.75, 3.05) is 53.6 Å². The van der Waals surface area contributed by atoms with Crippen LogP contribution in [0.15, 0.2) is 0 Å². The summed E-state index contributed by atoms with van der Waals surface area (Å²) in [6.45, 7) is 6.42. The van der Waals surface area contributed by atoms with Crippen molar-refractivity contribution in [1.29, 1.82) is 0 Å². The molecule has 0 spiro atoms. The minimum Gasteiger partial charge on any atom is -0.381 e. The fourth-order valence-electron chi connectivity index (χ4n) is 3.18. The largest absolute Gasteiger partial charge is 0.381 e. The van der Waals surface area contributed by atoms with Gasteiger partial charge in [0.15, 0.2) is 0 Å². The molecule has 0 saturated carbocycles. The first-order chi connectivity index (χ1) is 8.28. The fraction of sp³-hybridized carbons (Fsp3) is 1.00. The standard InChI is InChI=1S/C13H26N2O2/c1-14-10-13(4-7-17-8-5-13)11-15-6-3-12(9-15)16-2/h12,14H,3-11H2,1-2H3. The van der Waals surface area contributed by atoms with Gasteiger partial charge in [-0.25, -0.2) is 0 Å². The van der Waals surface area contributed by atoms with Crippen LogP contribution in [0.3, 0.4) is 0 Å². The number of hydrogen-bond acceptors (Lipinski definition) is 4. The number of hydrogen-bond donors (Lipinski definition) is 1. The Kier molecular flexibility index (Phi) is 4.79. The van der Waals surface area contributed by atoms with Crippen molar-refractivity contribution >= 4 is 0 Å². The maximum absolute atomic E-state index is 5.51. The minimum atomic E-state index is 0.412. The topological polar surface area (TPSA) is 33.7 Å². The van der Waals surface area contributed by atoms with Gasteiger partial charge >= 0.3 is 0 Å². The Hall–Kier alpha value is -0.160. The lowest BCUT2D eigenvalue weighted by Gasteiger charge is -2.40. The van der Waals surface area contributed by atoms with Crippen LogP contribution < -0.4 is 5.32 Å². The van der Waals surface area contributed by atoms with Crippen LogP contribution >= 0.6 is 0 Å². The summed E-state index contributed by atoms with van der Waals surface area (Å²) < 4.78 is 10.9. The molecular weight excluding hydrogens is 216 g/mol. The van der Waals surface area contributed by atoms with Gasteiger partial charge in [-0.1, -0.05) is 0 Å². The highest BCUT2D eigenvalue weighted by Crippen LogP contribution is 2.32. The quantitative estimate of drug-likeness (QED) is 0.770. The molecule has 17 heavy (non-hydrogen) atoms. The summed E-state index contributed by atoms with van der Waals surface area (Å²) in [7, 11) is 3.88. The molecule has 1 atom stereocenters. The number of rotatable bonds is 5. The molecule has 2 saturated heterocycles. The van der Waals surface area contributed by atoms with Gasteiger partial charge in [0, 0.05) is 46.5 Å². The third kappa shape index (κ3) is 3.41. The monoisotopic (exact) mass is 242 g/mol. The Morgan fingerprint density at radius 2 is 2.18 bits per heavy atom. The predicted octanol–water partition coefficient (Wildman–Crippen LogP) is 0.723. The van der Waals surface area contributed by atoms with Crippen LogP contribution in [0, 0.1) is 5.41 Å². The van der Waals surface area contributed by atoms with E-state index in [1.807, 2.05) is 7.11 Å². The maximum atomic E-state index is 5.51. The molecule has 2 heterocycles. The van der Waals surface area contributed by atoms with Crippen molar-refractivity contribution in [2.24, 2.45) is 5.41 Å². The lowest BCUT2D eigenvalue weighted by molar-refractivity contribution is -0.00248. The molecule has 0 aromatic heterocycles. The van der Waals surface area contributed by atoms with E-state index in [4.69, 9.17) is 9.47 Å². The SMILES string of the molecule is CNCC1(CN2CCC(OC)C2)CCOCC1. The van der Waals surface area contributed by atoms with E-state index in [1.54, 1.807) is 0 Å². The number of methoxy groups -OCH3 is 1. The van der Waals surface area contributed by atoms with E-state index in [0.29, 0.717) is 11.5 Å². The first kappa shape index (κ1) is 13.3. The summed E-state index contributed by atoms with van der Waals surface area (Å²) >= 11 is 0. The van der Waals surface area contributed by atoms with E-state index in [-0.39, 0.29) is 0 Å². The molecule has 2 aliphatic rings. The van der Waals surface area contributed by atoms with Crippen molar-refractivity contribution in [3.8, 4) is 0 Å². The molecule has 1 N–H and O–H groups in total. The average Bonchev–Trinajstić information content (AvgIpc) is 2.78. The van der Waals surface area contributed by atoms with Crippen molar-refractivity contribution in [2.45, 2.75) is 25.4 Å². The van der Waals surface area contributed by atoms with Gasteiger partial charge in [0.25, 0.3) is 0 Å². The van der Waals surface area contributed by atoms with E-state index in [0.717, 1.165) is 26.3 Å². The highest BCUT2D eigenvalue weighted by atomic mass is 16.5. The Labute approximate surface area is 105 Å².